The van der Waals surface area contributed by atoms with E-state index >= 15 is 0 Å². The molecule has 0 atom stereocenters. The molecule has 1 amide bonds. The molecule has 0 radical (unpaired) electrons. The molecule has 2 aromatic rings. The summed E-state index contributed by atoms with van der Waals surface area (Å²) in [6.07, 6.45) is 3.04. The van der Waals surface area contributed by atoms with Gasteiger partial charge in [0.25, 0.3) is 5.91 Å². The molecule has 1 aromatic carbocycles. The monoisotopic (exact) mass is 378 g/mol. The van der Waals surface area contributed by atoms with Crippen molar-refractivity contribution in [1.29, 1.82) is 0 Å². The number of amides is 1. The van der Waals surface area contributed by atoms with Crippen LogP contribution in [0, 0.1) is 0 Å². The summed E-state index contributed by atoms with van der Waals surface area (Å²) < 4.78 is 0.709. The van der Waals surface area contributed by atoms with Crippen molar-refractivity contribution < 1.29 is 4.79 Å². The number of carbonyl (C=O) groups excluding carboxylic acids is 1. The zero-order valence-corrected chi connectivity index (χ0v) is 13.1. The van der Waals surface area contributed by atoms with Gasteiger partial charge in [-0.2, -0.15) is 0 Å². The maximum atomic E-state index is 12.0. The molecule has 0 aliphatic heterocycles. The second kappa shape index (κ2) is 6.09. The zero-order valence-electron chi connectivity index (χ0n) is 9.25. The van der Waals surface area contributed by atoms with Gasteiger partial charge in [0.1, 0.15) is 0 Å². The van der Waals surface area contributed by atoms with Crippen LogP contribution >= 0.6 is 50.7 Å². The van der Waals surface area contributed by atoms with E-state index in [1.807, 2.05) is 0 Å². The topological polar surface area (TPSA) is 42.0 Å². The third kappa shape index (κ3) is 3.60. The van der Waals surface area contributed by atoms with E-state index in [2.05, 4.69) is 26.2 Å². The molecule has 1 aromatic heterocycles. The first kappa shape index (κ1) is 14.6. The highest BCUT2D eigenvalue weighted by Gasteiger charge is 2.11. The van der Waals surface area contributed by atoms with Crippen LogP contribution in [-0.4, -0.2) is 10.9 Å². The minimum Gasteiger partial charge on any atom is -0.321 e. The van der Waals surface area contributed by atoms with Crippen molar-refractivity contribution in [2.45, 2.75) is 0 Å². The number of nitrogens with one attached hydrogen (secondary N) is 1. The fourth-order valence-corrected chi connectivity index (χ4v) is 2.31. The molecule has 7 heteroatoms. The van der Waals surface area contributed by atoms with Crippen molar-refractivity contribution in [3.05, 3.63) is 55.7 Å². The van der Waals surface area contributed by atoms with E-state index in [4.69, 9.17) is 34.8 Å². The van der Waals surface area contributed by atoms with Crippen LogP contribution in [0.15, 0.2) is 35.1 Å². The van der Waals surface area contributed by atoms with E-state index in [1.165, 1.54) is 18.3 Å². The van der Waals surface area contributed by atoms with Crippen molar-refractivity contribution in [1.82, 2.24) is 4.98 Å². The Morgan fingerprint density at radius 1 is 1.05 bits per heavy atom. The van der Waals surface area contributed by atoms with E-state index in [0.717, 1.165) is 0 Å². The molecule has 0 aliphatic rings. The lowest BCUT2D eigenvalue weighted by Crippen LogP contribution is -2.12. The molecule has 98 valence electrons. The van der Waals surface area contributed by atoms with Gasteiger partial charge in [-0.15, -0.1) is 0 Å². The lowest BCUT2D eigenvalue weighted by Gasteiger charge is -2.08. The van der Waals surface area contributed by atoms with Gasteiger partial charge in [-0.05, 0) is 34.1 Å². The van der Waals surface area contributed by atoms with Crippen molar-refractivity contribution in [3.8, 4) is 0 Å². The summed E-state index contributed by atoms with van der Waals surface area (Å²) in [5.74, 6) is -0.339. The lowest BCUT2D eigenvalue weighted by atomic mass is 10.2. The Hall–Kier alpha value is -0.810. The Morgan fingerprint density at radius 3 is 2.42 bits per heavy atom. The molecular weight excluding hydrogens is 374 g/mol. The van der Waals surface area contributed by atoms with E-state index in [1.54, 1.807) is 12.3 Å². The highest BCUT2D eigenvalue weighted by atomic mass is 79.9. The van der Waals surface area contributed by atoms with Crippen molar-refractivity contribution >= 4 is 62.3 Å². The summed E-state index contributed by atoms with van der Waals surface area (Å²) in [7, 11) is 0. The number of pyridine rings is 1. The Morgan fingerprint density at radius 2 is 1.74 bits per heavy atom. The van der Waals surface area contributed by atoms with Gasteiger partial charge in [-0.25, -0.2) is 0 Å². The smallest absolute Gasteiger partial charge is 0.257 e. The number of rotatable bonds is 2. The first-order valence-corrected chi connectivity index (χ1v) is 6.96. The average Bonchev–Trinajstić information content (AvgIpc) is 2.36. The number of benzene rings is 1. The molecule has 2 rings (SSSR count). The fraction of sp³-hybridized carbons (Fsp3) is 0. The van der Waals surface area contributed by atoms with Gasteiger partial charge < -0.3 is 5.32 Å². The SMILES string of the molecule is O=C(Nc1cc(Cl)c(Cl)cc1Cl)c1cncc(Br)c1. The Kier molecular flexibility index (Phi) is 4.68. The molecule has 19 heavy (non-hydrogen) atoms. The van der Waals surface area contributed by atoms with Crippen LogP contribution in [0.4, 0.5) is 5.69 Å². The number of hydrogen-bond acceptors (Lipinski definition) is 2. The van der Waals surface area contributed by atoms with Gasteiger partial charge in [-0.3, -0.25) is 9.78 Å². The predicted octanol–water partition coefficient (Wildman–Crippen LogP) is 5.06. The van der Waals surface area contributed by atoms with Crippen LogP contribution in [0.3, 0.4) is 0 Å². The van der Waals surface area contributed by atoms with Crippen LogP contribution in [0.1, 0.15) is 10.4 Å². The molecule has 0 bridgehead atoms. The van der Waals surface area contributed by atoms with Crippen LogP contribution in [-0.2, 0) is 0 Å². The normalized spacial score (nSPS) is 10.3. The van der Waals surface area contributed by atoms with E-state index < -0.39 is 0 Å². The molecule has 0 unspecified atom stereocenters. The quantitative estimate of drug-likeness (QED) is 0.740. The third-order valence-corrected chi connectivity index (χ3v) is 3.69. The number of halogens is 4. The standard InChI is InChI=1S/C12H6BrCl3N2O/c13-7-1-6(4-17-5-7)12(19)18-11-3-9(15)8(14)2-10(11)16/h1-5H,(H,18,19). The summed E-state index contributed by atoms with van der Waals surface area (Å²) in [5, 5.41) is 3.60. The number of carbonyl (C=O) groups is 1. The van der Waals surface area contributed by atoms with E-state index in [0.29, 0.717) is 30.8 Å². The average molecular weight is 380 g/mol. The number of aromatic nitrogens is 1. The van der Waals surface area contributed by atoms with Crippen LogP contribution in [0.5, 0.6) is 0 Å². The molecule has 1 N–H and O–H groups in total. The molecular formula is C12H6BrCl3N2O. The van der Waals surface area contributed by atoms with Crippen molar-refractivity contribution in [2.75, 3.05) is 5.32 Å². The van der Waals surface area contributed by atoms with E-state index in [9.17, 15) is 4.79 Å². The number of nitrogens with zero attached hydrogens (tertiary/aromatic N) is 1. The van der Waals surface area contributed by atoms with Crippen LogP contribution < -0.4 is 5.32 Å². The minimum absolute atomic E-state index is 0.311. The second-order valence-corrected chi connectivity index (χ2v) is 5.73. The van der Waals surface area contributed by atoms with E-state index in [-0.39, 0.29) is 5.91 Å². The fourth-order valence-electron chi connectivity index (χ4n) is 1.35. The maximum Gasteiger partial charge on any atom is 0.257 e. The molecule has 0 saturated carbocycles. The number of anilines is 1. The van der Waals surface area contributed by atoms with Gasteiger partial charge in [0.05, 0.1) is 26.3 Å². The van der Waals surface area contributed by atoms with Gasteiger partial charge >= 0.3 is 0 Å². The number of hydrogen-bond donors (Lipinski definition) is 1. The molecule has 0 aliphatic carbocycles. The van der Waals surface area contributed by atoms with Gasteiger partial charge in [0.2, 0.25) is 0 Å². The molecule has 0 fully saturated rings. The maximum absolute atomic E-state index is 12.0. The summed E-state index contributed by atoms with van der Waals surface area (Å²) in [6.45, 7) is 0. The van der Waals surface area contributed by atoms with Gasteiger partial charge in [0, 0.05) is 16.9 Å². The largest absolute Gasteiger partial charge is 0.321 e. The highest BCUT2D eigenvalue weighted by molar-refractivity contribution is 9.10. The zero-order chi connectivity index (χ0) is 14.0. The van der Waals surface area contributed by atoms with Crippen LogP contribution in [0.2, 0.25) is 15.1 Å². The van der Waals surface area contributed by atoms with Crippen LogP contribution in [0.25, 0.3) is 0 Å². The Balaban J connectivity index is 2.27. The predicted molar refractivity (Wildman–Crippen MR) is 81.4 cm³/mol. The first-order chi connectivity index (χ1) is 8.97. The summed E-state index contributed by atoms with van der Waals surface area (Å²) in [4.78, 5) is 15.9. The highest BCUT2D eigenvalue weighted by Crippen LogP contribution is 2.32. The molecule has 0 spiro atoms. The second-order valence-electron chi connectivity index (χ2n) is 3.59. The summed E-state index contributed by atoms with van der Waals surface area (Å²) >= 11 is 20.9. The van der Waals surface area contributed by atoms with Crippen molar-refractivity contribution in [2.24, 2.45) is 0 Å². The summed E-state index contributed by atoms with van der Waals surface area (Å²) in [5.41, 5.74) is 0.789. The minimum atomic E-state index is -0.339. The summed E-state index contributed by atoms with van der Waals surface area (Å²) in [6, 6.07) is 4.61. The molecule has 3 nitrogen and oxygen atoms in total. The third-order valence-electron chi connectivity index (χ3n) is 2.23. The first-order valence-electron chi connectivity index (χ1n) is 5.04. The van der Waals surface area contributed by atoms with Gasteiger partial charge in [-0.1, -0.05) is 34.8 Å². The Labute approximate surface area is 133 Å². The Bertz CT molecular complexity index is 649. The molecule has 1 heterocycles. The van der Waals surface area contributed by atoms with Gasteiger partial charge in [0.15, 0.2) is 0 Å². The molecule has 0 saturated heterocycles. The lowest BCUT2D eigenvalue weighted by molar-refractivity contribution is 0.102. The van der Waals surface area contributed by atoms with Crippen molar-refractivity contribution in [3.63, 3.8) is 0 Å².